The zero-order chi connectivity index (χ0) is 33.2. The third-order valence-electron chi connectivity index (χ3n) is 8.86. The zero-order valence-electron chi connectivity index (χ0n) is 24.5. The van der Waals surface area contributed by atoms with Gasteiger partial charge < -0.3 is 25.2 Å². The Morgan fingerprint density at radius 1 is 0.956 bits per heavy atom. The van der Waals surface area contributed by atoms with Gasteiger partial charge in [0, 0.05) is 29.2 Å². The summed E-state index contributed by atoms with van der Waals surface area (Å²) in [5.41, 5.74) is -0.271. The number of hydrogen-bond acceptors (Lipinski definition) is 5. The number of carbonyl (C=O) groups is 2. The van der Waals surface area contributed by atoms with Crippen LogP contribution in [0.2, 0.25) is 0 Å². The maximum atomic E-state index is 13.8. The van der Waals surface area contributed by atoms with Crippen molar-refractivity contribution < 1.29 is 54.9 Å². The van der Waals surface area contributed by atoms with E-state index in [2.05, 4.69) is 27.7 Å². The molecule has 3 aliphatic rings. The number of halogens is 7. The number of ether oxygens (including phenoxy) is 2. The summed E-state index contributed by atoms with van der Waals surface area (Å²) in [5.74, 6) is -2.45. The van der Waals surface area contributed by atoms with Crippen molar-refractivity contribution in [3.63, 3.8) is 0 Å². The molecule has 3 unspecified atom stereocenters. The van der Waals surface area contributed by atoms with Crippen LogP contribution < -0.4 is 20.1 Å². The summed E-state index contributed by atoms with van der Waals surface area (Å²) >= 11 is 0. The van der Waals surface area contributed by atoms with Crippen LogP contribution in [-0.4, -0.2) is 67.1 Å². The molecule has 5 rings (SSSR count). The van der Waals surface area contributed by atoms with Crippen molar-refractivity contribution in [2.75, 3.05) is 26.1 Å². The summed E-state index contributed by atoms with van der Waals surface area (Å²) in [7, 11) is 3.24. The Bertz CT molecular complexity index is 1380. The number of methoxy groups -OCH3 is 2. The number of carboxylic acids is 1. The molecule has 45 heavy (non-hydrogen) atoms. The molecule has 1 saturated heterocycles. The van der Waals surface area contributed by atoms with Gasteiger partial charge in [0.05, 0.1) is 19.8 Å². The number of alkyl halides is 6. The van der Waals surface area contributed by atoms with Gasteiger partial charge in [-0.2, -0.15) is 26.3 Å². The summed E-state index contributed by atoms with van der Waals surface area (Å²) < 4.78 is 95.8. The first-order valence-electron chi connectivity index (χ1n) is 14.3. The quantitative estimate of drug-likeness (QED) is 0.300. The number of amides is 2. The normalized spacial score (nSPS) is 23.6. The number of carbonyl (C=O) groups excluding carboxylic acids is 1. The molecule has 2 aliphatic carbocycles. The average Bonchev–Trinajstić information content (AvgIpc) is 3.30. The molecule has 3 atom stereocenters. The summed E-state index contributed by atoms with van der Waals surface area (Å²) in [5, 5.41) is 12.5. The van der Waals surface area contributed by atoms with Gasteiger partial charge in [-0.1, -0.05) is 12.5 Å². The predicted octanol–water partition coefficient (Wildman–Crippen LogP) is 6.73. The molecule has 2 amide bonds. The lowest BCUT2D eigenvalue weighted by Gasteiger charge is -2.48. The van der Waals surface area contributed by atoms with Crippen molar-refractivity contribution in [2.45, 2.75) is 80.8 Å². The topological polar surface area (TPSA) is 100 Å². The number of rotatable bonds is 6. The molecule has 0 aromatic heterocycles. The lowest BCUT2D eigenvalue weighted by molar-refractivity contribution is -0.192. The smallest absolute Gasteiger partial charge is 0.490 e. The Kier molecular flexibility index (Phi) is 10.1. The molecule has 0 spiro atoms. The fourth-order valence-corrected chi connectivity index (χ4v) is 6.53. The Balaban J connectivity index is 0.000000591. The Hall–Kier alpha value is -3.75. The van der Waals surface area contributed by atoms with Crippen molar-refractivity contribution in [2.24, 2.45) is 0 Å². The molecule has 2 saturated carbocycles. The summed E-state index contributed by atoms with van der Waals surface area (Å²) in [6.45, 7) is 0.978. The molecule has 8 nitrogen and oxygen atoms in total. The maximum Gasteiger partial charge on any atom is 0.490 e. The van der Waals surface area contributed by atoms with Crippen molar-refractivity contribution >= 4 is 17.7 Å². The first-order valence-corrected chi connectivity index (χ1v) is 14.3. The van der Waals surface area contributed by atoms with Crippen LogP contribution in [0.3, 0.4) is 0 Å². The van der Waals surface area contributed by atoms with Crippen molar-refractivity contribution in [3.8, 4) is 11.5 Å². The largest absolute Gasteiger partial charge is 0.493 e. The van der Waals surface area contributed by atoms with Crippen molar-refractivity contribution in [3.05, 3.63) is 53.3 Å². The van der Waals surface area contributed by atoms with Gasteiger partial charge in [0.2, 0.25) is 0 Å². The minimum atomic E-state index is -5.08. The molecule has 0 radical (unpaired) electrons. The van der Waals surface area contributed by atoms with Gasteiger partial charge in [-0.15, -0.1) is 0 Å². The van der Waals surface area contributed by atoms with E-state index in [0.717, 1.165) is 50.8 Å². The molecule has 3 N–H and O–H groups in total. The number of anilines is 1. The number of urea groups is 1. The molecule has 248 valence electrons. The monoisotopic (exact) mass is 649 g/mol. The molecule has 2 aromatic carbocycles. The number of nitrogens with zero attached hydrogens (tertiary/aromatic N) is 1. The summed E-state index contributed by atoms with van der Waals surface area (Å²) in [4.78, 5) is 24.2. The van der Waals surface area contributed by atoms with Gasteiger partial charge in [0.25, 0.3) is 0 Å². The second kappa shape index (κ2) is 13.3. The van der Waals surface area contributed by atoms with E-state index in [9.17, 15) is 35.5 Å². The molecule has 1 heterocycles. The molecular formula is C30H34F7N3O5. The molecule has 2 aromatic rings. The van der Waals surface area contributed by atoms with E-state index >= 15 is 0 Å². The van der Waals surface area contributed by atoms with Gasteiger partial charge >= 0.3 is 24.4 Å². The Morgan fingerprint density at radius 3 is 2.18 bits per heavy atom. The second-order valence-electron chi connectivity index (χ2n) is 11.4. The van der Waals surface area contributed by atoms with Crippen LogP contribution in [0.5, 0.6) is 11.5 Å². The number of likely N-dealkylation sites (tertiary alicyclic amines) is 1. The fourth-order valence-electron chi connectivity index (χ4n) is 6.53. The van der Waals surface area contributed by atoms with Crippen molar-refractivity contribution in [1.29, 1.82) is 0 Å². The summed E-state index contributed by atoms with van der Waals surface area (Å²) in [6, 6.07) is 8.09. The average molecular weight is 650 g/mol. The highest BCUT2D eigenvalue weighted by molar-refractivity contribution is 5.89. The highest BCUT2D eigenvalue weighted by Gasteiger charge is 2.53. The van der Waals surface area contributed by atoms with Gasteiger partial charge in [-0.3, -0.25) is 4.90 Å². The number of nitrogens with one attached hydrogen (secondary N) is 2. The maximum absolute atomic E-state index is 13.8. The van der Waals surface area contributed by atoms with E-state index in [1.54, 1.807) is 14.2 Å². The van der Waals surface area contributed by atoms with Crippen LogP contribution in [0.1, 0.15) is 56.1 Å². The second-order valence-corrected chi connectivity index (χ2v) is 11.4. The number of carboxylic acid groups (broad SMARTS) is 1. The van der Waals surface area contributed by atoms with Gasteiger partial charge in [0.1, 0.15) is 5.82 Å². The minimum absolute atomic E-state index is 0.0893. The van der Waals surface area contributed by atoms with E-state index in [-0.39, 0.29) is 23.2 Å². The van der Waals surface area contributed by atoms with Crippen LogP contribution in [0.25, 0.3) is 0 Å². The van der Waals surface area contributed by atoms with E-state index in [0.29, 0.717) is 30.0 Å². The van der Waals surface area contributed by atoms with Crippen LogP contribution in [0.15, 0.2) is 36.4 Å². The standard InChI is InChI=1S/C28H33F4N3O3.C2HF3O2/c1-37-23-7-6-17(14-24(23)38-2)27-9-8-20(16-25(27)35(11-10-27)22-4-3-5-22)33-26(36)34-21-13-18(28(30,31)32)12-19(29)15-21;3-2(4,5)1(6)7/h6-7,12-15,20,22,25H,3-5,8-11,16H2,1-2H3,(H2,33,34,36);(H,6,7). The third-order valence-corrected chi connectivity index (χ3v) is 8.86. The van der Waals surface area contributed by atoms with E-state index < -0.39 is 35.7 Å². The molecule has 0 bridgehead atoms. The first-order chi connectivity index (χ1) is 21.1. The van der Waals surface area contributed by atoms with Gasteiger partial charge in [0.15, 0.2) is 11.5 Å². The van der Waals surface area contributed by atoms with Crippen LogP contribution in [-0.2, 0) is 16.4 Å². The number of benzene rings is 2. The zero-order valence-corrected chi connectivity index (χ0v) is 24.5. The summed E-state index contributed by atoms with van der Waals surface area (Å²) in [6.07, 6.45) is -2.96. The first kappa shape index (κ1) is 34.1. The van der Waals surface area contributed by atoms with E-state index in [4.69, 9.17) is 19.4 Å². The lowest BCUT2D eigenvalue weighted by Crippen LogP contribution is -2.55. The molecular weight excluding hydrogens is 615 g/mol. The van der Waals surface area contributed by atoms with Crippen LogP contribution >= 0.6 is 0 Å². The van der Waals surface area contributed by atoms with Gasteiger partial charge in [-0.05, 0) is 81.0 Å². The highest BCUT2D eigenvalue weighted by atomic mass is 19.4. The van der Waals surface area contributed by atoms with Gasteiger partial charge in [-0.25, -0.2) is 14.0 Å². The lowest BCUT2D eigenvalue weighted by atomic mass is 9.64. The Labute approximate surface area is 254 Å². The number of fused-ring (bicyclic) bond motifs is 1. The van der Waals surface area contributed by atoms with Crippen LogP contribution in [0, 0.1) is 5.82 Å². The Morgan fingerprint density at radius 2 is 1.62 bits per heavy atom. The third kappa shape index (κ3) is 7.74. The van der Waals surface area contributed by atoms with Crippen LogP contribution in [0.4, 0.5) is 41.2 Å². The fraction of sp³-hybridized carbons (Fsp3) is 0.533. The number of aliphatic carboxylic acids is 1. The van der Waals surface area contributed by atoms with Crippen molar-refractivity contribution in [1.82, 2.24) is 10.2 Å². The minimum Gasteiger partial charge on any atom is -0.493 e. The molecule has 1 aliphatic heterocycles. The van der Waals surface area contributed by atoms with E-state index in [1.165, 1.54) is 12.0 Å². The molecule has 15 heteroatoms. The molecule has 3 fully saturated rings. The SMILES string of the molecule is COc1ccc(C23CCC(NC(=O)Nc4cc(F)cc(C(F)(F)F)c4)CC2N(C2CCC2)CC3)cc1OC.O=C(O)C(F)(F)F. The highest BCUT2D eigenvalue weighted by Crippen LogP contribution is 2.52. The number of hydrogen-bond donors (Lipinski definition) is 3. The van der Waals surface area contributed by atoms with E-state index in [1.807, 2.05) is 6.07 Å². The predicted molar refractivity (Wildman–Crippen MR) is 149 cm³/mol.